The van der Waals surface area contributed by atoms with Crippen LogP contribution in [0.3, 0.4) is 0 Å². The minimum absolute atomic E-state index is 0.212. The number of hydrogen-bond donors (Lipinski definition) is 1. The summed E-state index contributed by atoms with van der Waals surface area (Å²) >= 11 is 0. The highest BCUT2D eigenvalue weighted by molar-refractivity contribution is 5.86. The van der Waals surface area contributed by atoms with Crippen LogP contribution in [0.4, 0.5) is 0 Å². The molecule has 3 aliphatic rings. The van der Waals surface area contributed by atoms with Crippen molar-refractivity contribution in [3.8, 4) is 0 Å². The van der Waals surface area contributed by atoms with E-state index >= 15 is 0 Å². The van der Waals surface area contributed by atoms with Crippen LogP contribution in [0.15, 0.2) is 11.6 Å². The molecule has 3 heteroatoms. The zero-order chi connectivity index (χ0) is 13.2. The van der Waals surface area contributed by atoms with Gasteiger partial charge in [-0.15, -0.1) is 0 Å². The largest absolute Gasteiger partial charge is 0.425 e. The van der Waals surface area contributed by atoms with Crippen molar-refractivity contribution in [1.82, 2.24) is 0 Å². The predicted molar refractivity (Wildman–Crippen MR) is 67.6 cm³/mol. The molecule has 2 fully saturated rings. The van der Waals surface area contributed by atoms with Crippen molar-refractivity contribution in [3.05, 3.63) is 11.6 Å². The Morgan fingerprint density at radius 2 is 2.06 bits per heavy atom. The lowest BCUT2D eigenvalue weighted by Crippen LogP contribution is -2.60. The summed E-state index contributed by atoms with van der Waals surface area (Å²) in [6.07, 6.45) is 6.55. The molecule has 0 bridgehead atoms. The van der Waals surface area contributed by atoms with E-state index in [1.54, 1.807) is 0 Å². The van der Waals surface area contributed by atoms with Gasteiger partial charge in [0.2, 0.25) is 5.79 Å². The van der Waals surface area contributed by atoms with Crippen molar-refractivity contribution >= 4 is 5.97 Å². The molecule has 0 aromatic carbocycles. The van der Waals surface area contributed by atoms with Gasteiger partial charge < -0.3 is 9.84 Å². The highest BCUT2D eigenvalue weighted by Gasteiger charge is 2.64. The topological polar surface area (TPSA) is 46.5 Å². The molecule has 100 valence electrons. The standard InChI is InChI=1S/C15H22O3/c1-13(2)7-4-8-14(3)11(13)6-5-10-9-12(16)18-15(10,14)17/h9,11,17H,4-8H2,1-3H3/t11-,14-,15-/m0/s1. The molecule has 3 rings (SSSR count). The van der Waals surface area contributed by atoms with Gasteiger partial charge in [0, 0.05) is 17.1 Å². The monoisotopic (exact) mass is 250 g/mol. The average Bonchev–Trinajstić information content (AvgIpc) is 2.53. The molecule has 1 heterocycles. The number of aliphatic hydroxyl groups is 1. The van der Waals surface area contributed by atoms with Gasteiger partial charge in [-0.3, -0.25) is 0 Å². The molecule has 18 heavy (non-hydrogen) atoms. The second kappa shape index (κ2) is 3.38. The molecular formula is C15H22O3. The minimum atomic E-state index is -1.34. The molecule has 0 aromatic heterocycles. The lowest BCUT2D eigenvalue weighted by molar-refractivity contribution is -0.267. The number of carbonyl (C=O) groups is 1. The Balaban J connectivity index is 2.08. The summed E-state index contributed by atoms with van der Waals surface area (Å²) in [5.41, 5.74) is 0.679. The van der Waals surface area contributed by atoms with Crippen LogP contribution < -0.4 is 0 Å². The summed E-state index contributed by atoms with van der Waals surface area (Å²) in [7, 11) is 0. The van der Waals surface area contributed by atoms with Crippen LogP contribution >= 0.6 is 0 Å². The fourth-order valence-corrected chi connectivity index (χ4v) is 4.74. The van der Waals surface area contributed by atoms with Gasteiger partial charge in [-0.05, 0) is 37.0 Å². The summed E-state index contributed by atoms with van der Waals surface area (Å²) in [4.78, 5) is 11.5. The second-order valence-electron chi connectivity index (χ2n) is 7.09. The molecule has 0 radical (unpaired) electrons. The zero-order valence-electron chi connectivity index (χ0n) is 11.5. The summed E-state index contributed by atoms with van der Waals surface area (Å²) in [5, 5.41) is 11.0. The number of rotatable bonds is 0. The number of fused-ring (bicyclic) bond motifs is 3. The number of hydrogen-bond acceptors (Lipinski definition) is 3. The fourth-order valence-electron chi connectivity index (χ4n) is 4.74. The fraction of sp³-hybridized carbons (Fsp3) is 0.800. The quantitative estimate of drug-likeness (QED) is 0.672. The third kappa shape index (κ3) is 1.31. The molecule has 0 spiro atoms. The molecule has 3 nitrogen and oxygen atoms in total. The van der Waals surface area contributed by atoms with Crippen LogP contribution in [0.2, 0.25) is 0 Å². The molecule has 0 aromatic rings. The normalized spacial score (nSPS) is 45.9. The van der Waals surface area contributed by atoms with E-state index < -0.39 is 5.79 Å². The van der Waals surface area contributed by atoms with E-state index in [1.165, 1.54) is 12.5 Å². The van der Waals surface area contributed by atoms with Crippen LogP contribution in [0.1, 0.15) is 52.9 Å². The van der Waals surface area contributed by atoms with E-state index in [0.29, 0.717) is 5.92 Å². The molecule has 0 amide bonds. The lowest BCUT2D eigenvalue weighted by Gasteiger charge is -2.58. The first-order valence-electron chi connectivity index (χ1n) is 6.96. The number of carbonyl (C=O) groups excluding carboxylic acids is 1. The van der Waals surface area contributed by atoms with Gasteiger partial charge in [0.05, 0.1) is 0 Å². The first-order chi connectivity index (χ1) is 8.30. The predicted octanol–water partition coefficient (Wildman–Crippen LogP) is 2.78. The summed E-state index contributed by atoms with van der Waals surface area (Å²) in [5.74, 6) is -1.31. The molecule has 0 unspecified atom stereocenters. The van der Waals surface area contributed by atoms with Crippen LogP contribution in [0.25, 0.3) is 0 Å². The van der Waals surface area contributed by atoms with Crippen LogP contribution in [-0.2, 0) is 9.53 Å². The van der Waals surface area contributed by atoms with Gasteiger partial charge in [-0.25, -0.2) is 4.79 Å². The molecule has 1 N–H and O–H groups in total. The zero-order valence-corrected chi connectivity index (χ0v) is 11.5. The smallest absolute Gasteiger partial charge is 0.333 e. The SMILES string of the molecule is CC1(C)CCC[C@@]2(C)[C@H]1CCC1=CC(=O)O[C@@]12O. The Hall–Kier alpha value is -0.830. The van der Waals surface area contributed by atoms with Crippen molar-refractivity contribution in [1.29, 1.82) is 0 Å². The highest BCUT2D eigenvalue weighted by Crippen LogP contribution is 2.63. The van der Waals surface area contributed by atoms with Crippen molar-refractivity contribution in [2.24, 2.45) is 16.7 Å². The van der Waals surface area contributed by atoms with Gasteiger partial charge in [-0.1, -0.05) is 27.2 Å². The van der Waals surface area contributed by atoms with Crippen LogP contribution in [-0.4, -0.2) is 16.9 Å². The first kappa shape index (κ1) is 12.2. The maximum Gasteiger partial charge on any atom is 0.333 e. The third-order valence-electron chi connectivity index (χ3n) is 5.68. The van der Waals surface area contributed by atoms with Gasteiger partial charge in [0.1, 0.15) is 0 Å². The highest BCUT2D eigenvalue weighted by atomic mass is 16.7. The molecule has 3 atom stereocenters. The van der Waals surface area contributed by atoms with Crippen molar-refractivity contribution in [2.75, 3.05) is 0 Å². The van der Waals surface area contributed by atoms with E-state index in [9.17, 15) is 9.90 Å². The van der Waals surface area contributed by atoms with Gasteiger partial charge in [-0.2, -0.15) is 0 Å². The second-order valence-corrected chi connectivity index (χ2v) is 7.09. The third-order valence-corrected chi connectivity index (χ3v) is 5.68. The first-order valence-corrected chi connectivity index (χ1v) is 6.96. The lowest BCUT2D eigenvalue weighted by atomic mass is 9.49. The van der Waals surface area contributed by atoms with Gasteiger partial charge >= 0.3 is 5.97 Å². The Labute approximate surface area is 108 Å². The van der Waals surface area contributed by atoms with E-state index in [0.717, 1.165) is 31.3 Å². The Kier molecular flexibility index (Phi) is 2.30. The number of esters is 1. The summed E-state index contributed by atoms with van der Waals surface area (Å²) in [6, 6.07) is 0. The molecule has 0 saturated heterocycles. The molecule has 1 aliphatic heterocycles. The maximum absolute atomic E-state index is 11.5. The average molecular weight is 250 g/mol. The van der Waals surface area contributed by atoms with Gasteiger partial charge in [0.15, 0.2) is 0 Å². The maximum atomic E-state index is 11.5. The Bertz CT molecular complexity index is 437. The molecule has 2 saturated carbocycles. The van der Waals surface area contributed by atoms with Crippen molar-refractivity contribution in [2.45, 2.75) is 58.7 Å². The minimum Gasteiger partial charge on any atom is -0.425 e. The molecule has 2 aliphatic carbocycles. The van der Waals surface area contributed by atoms with Crippen molar-refractivity contribution < 1.29 is 14.6 Å². The Morgan fingerprint density at radius 3 is 2.78 bits per heavy atom. The van der Waals surface area contributed by atoms with E-state index in [2.05, 4.69) is 20.8 Å². The van der Waals surface area contributed by atoms with Crippen LogP contribution in [0, 0.1) is 16.7 Å². The Morgan fingerprint density at radius 1 is 1.33 bits per heavy atom. The summed E-state index contributed by atoms with van der Waals surface area (Å²) < 4.78 is 5.34. The number of ether oxygens (including phenoxy) is 1. The molecular weight excluding hydrogens is 228 g/mol. The van der Waals surface area contributed by atoms with Crippen LogP contribution in [0.5, 0.6) is 0 Å². The van der Waals surface area contributed by atoms with E-state index in [-0.39, 0.29) is 16.8 Å². The van der Waals surface area contributed by atoms with Gasteiger partial charge in [0.25, 0.3) is 0 Å². The van der Waals surface area contributed by atoms with E-state index in [4.69, 9.17) is 4.74 Å². The summed E-state index contributed by atoms with van der Waals surface area (Å²) in [6.45, 7) is 6.66. The van der Waals surface area contributed by atoms with E-state index in [1.807, 2.05) is 0 Å². The van der Waals surface area contributed by atoms with Crippen molar-refractivity contribution in [3.63, 3.8) is 0 Å².